The number of para-hydroxylation sites is 2. The second-order valence-electron chi connectivity index (χ2n) is 5.35. The molecule has 1 N–H and O–H groups in total. The number of carbonyl (C=O) groups is 3. The van der Waals surface area contributed by atoms with Crippen molar-refractivity contribution in [2.24, 2.45) is 0 Å². The summed E-state index contributed by atoms with van der Waals surface area (Å²) in [5, 5.41) is 2.64. The molecule has 0 bridgehead atoms. The number of nitrogens with one attached hydrogen (secondary N) is 1. The van der Waals surface area contributed by atoms with Crippen LogP contribution in [0.4, 0.5) is 5.69 Å². The molecule has 1 aromatic carbocycles. The van der Waals surface area contributed by atoms with Gasteiger partial charge in [-0.25, -0.2) is 0 Å². The van der Waals surface area contributed by atoms with Gasteiger partial charge in [0.2, 0.25) is 0 Å². The maximum absolute atomic E-state index is 12.2. The van der Waals surface area contributed by atoms with Crippen molar-refractivity contribution in [3.63, 3.8) is 0 Å². The molecule has 26 heavy (non-hydrogen) atoms. The van der Waals surface area contributed by atoms with Gasteiger partial charge in [-0.15, -0.1) is 11.3 Å². The van der Waals surface area contributed by atoms with Crippen LogP contribution in [0.15, 0.2) is 36.4 Å². The number of amides is 1. The Bertz CT molecular complexity index is 804. The molecule has 6 nitrogen and oxygen atoms in total. The quantitative estimate of drug-likeness (QED) is 0.540. The molecule has 8 heteroatoms. The molecule has 0 saturated carbocycles. The van der Waals surface area contributed by atoms with Crippen molar-refractivity contribution in [3.8, 4) is 5.75 Å². The van der Waals surface area contributed by atoms with Gasteiger partial charge in [-0.2, -0.15) is 0 Å². The van der Waals surface area contributed by atoms with Crippen molar-refractivity contribution >= 4 is 46.3 Å². The highest BCUT2D eigenvalue weighted by atomic mass is 35.5. The van der Waals surface area contributed by atoms with Crippen LogP contribution < -0.4 is 10.1 Å². The van der Waals surface area contributed by atoms with Gasteiger partial charge < -0.3 is 14.8 Å². The number of ketones is 1. The standard InChI is InChI=1S/C18H18ClNO5S/c1-11(18(23)20-12-5-3-4-6-14(12)24-2)25-17(22)10-7-13(21)15-8-9-16(19)26-15/h3-6,8-9,11H,7,10H2,1-2H3,(H,20,23)/t11-/m0/s1. The van der Waals surface area contributed by atoms with Gasteiger partial charge in [-0.1, -0.05) is 23.7 Å². The number of hydrogen-bond acceptors (Lipinski definition) is 6. The van der Waals surface area contributed by atoms with Crippen LogP contribution >= 0.6 is 22.9 Å². The zero-order chi connectivity index (χ0) is 19.1. The summed E-state index contributed by atoms with van der Waals surface area (Å²) in [5.74, 6) is -0.799. The Morgan fingerprint density at radius 1 is 1.15 bits per heavy atom. The fourth-order valence-corrected chi connectivity index (χ4v) is 3.11. The first-order chi connectivity index (χ1) is 12.4. The van der Waals surface area contributed by atoms with Crippen LogP contribution in [-0.4, -0.2) is 30.9 Å². The molecule has 0 spiro atoms. The molecule has 0 aliphatic heterocycles. The third-order valence-electron chi connectivity index (χ3n) is 3.45. The van der Waals surface area contributed by atoms with Gasteiger partial charge in [0.1, 0.15) is 5.75 Å². The molecule has 1 amide bonds. The van der Waals surface area contributed by atoms with Gasteiger partial charge in [0, 0.05) is 6.42 Å². The lowest BCUT2D eigenvalue weighted by molar-refractivity contribution is -0.153. The Morgan fingerprint density at radius 3 is 2.54 bits per heavy atom. The van der Waals surface area contributed by atoms with Crippen LogP contribution in [-0.2, 0) is 14.3 Å². The number of hydrogen-bond donors (Lipinski definition) is 1. The molecule has 0 saturated heterocycles. The van der Waals surface area contributed by atoms with E-state index in [2.05, 4.69) is 5.32 Å². The minimum atomic E-state index is -1.00. The van der Waals surface area contributed by atoms with Crippen molar-refractivity contribution in [1.29, 1.82) is 0 Å². The van der Waals surface area contributed by atoms with Crippen molar-refractivity contribution in [1.82, 2.24) is 0 Å². The summed E-state index contributed by atoms with van der Waals surface area (Å²) in [6.45, 7) is 1.46. The molecule has 1 heterocycles. The van der Waals surface area contributed by atoms with E-state index in [1.807, 2.05) is 0 Å². The molecule has 0 aliphatic carbocycles. The highest BCUT2D eigenvalue weighted by Crippen LogP contribution is 2.24. The molecule has 2 aromatic rings. The predicted molar refractivity (Wildman–Crippen MR) is 100 cm³/mol. The highest BCUT2D eigenvalue weighted by Gasteiger charge is 2.20. The zero-order valence-corrected chi connectivity index (χ0v) is 15.9. The Balaban J connectivity index is 1.82. The smallest absolute Gasteiger partial charge is 0.307 e. The minimum absolute atomic E-state index is 0.00345. The summed E-state index contributed by atoms with van der Waals surface area (Å²) >= 11 is 6.94. The molecule has 0 aliphatic rings. The molecule has 1 atom stereocenters. The van der Waals surface area contributed by atoms with Crippen LogP contribution in [0, 0.1) is 0 Å². The fourth-order valence-electron chi connectivity index (χ4n) is 2.09. The summed E-state index contributed by atoms with van der Waals surface area (Å²) in [7, 11) is 1.49. The molecule has 2 rings (SSSR count). The van der Waals surface area contributed by atoms with E-state index in [9.17, 15) is 14.4 Å². The zero-order valence-electron chi connectivity index (χ0n) is 14.3. The second kappa shape index (κ2) is 9.35. The first-order valence-corrected chi connectivity index (χ1v) is 9.02. The van der Waals surface area contributed by atoms with E-state index in [0.717, 1.165) is 11.3 Å². The normalized spacial score (nSPS) is 11.5. The largest absolute Gasteiger partial charge is 0.495 e. The van der Waals surface area contributed by atoms with Crippen molar-refractivity contribution < 1.29 is 23.9 Å². The van der Waals surface area contributed by atoms with Crippen molar-refractivity contribution in [3.05, 3.63) is 45.6 Å². The lowest BCUT2D eigenvalue weighted by atomic mass is 10.2. The molecule has 138 valence electrons. The fraction of sp³-hybridized carbons (Fsp3) is 0.278. The number of esters is 1. The lowest BCUT2D eigenvalue weighted by Gasteiger charge is -2.15. The Morgan fingerprint density at radius 2 is 1.88 bits per heavy atom. The van der Waals surface area contributed by atoms with E-state index in [0.29, 0.717) is 20.7 Å². The van der Waals surface area contributed by atoms with E-state index < -0.39 is 18.0 Å². The summed E-state index contributed by atoms with van der Waals surface area (Å²) in [6, 6.07) is 10.1. The monoisotopic (exact) mass is 395 g/mol. The molecular formula is C18H18ClNO5S. The minimum Gasteiger partial charge on any atom is -0.495 e. The summed E-state index contributed by atoms with van der Waals surface area (Å²) in [5.41, 5.74) is 0.479. The average molecular weight is 396 g/mol. The maximum Gasteiger partial charge on any atom is 0.307 e. The molecule has 0 unspecified atom stereocenters. The Labute approximate surface area is 160 Å². The first-order valence-electron chi connectivity index (χ1n) is 7.82. The Hall–Kier alpha value is -2.38. The predicted octanol–water partition coefficient (Wildman–Crippen LogP) is 3.94. The van der Waals surface area contributed by atoms with Crippen LogP contribution in [0.3, 0.4) is 0 Å². The number of Topliss-reactive ketones (excluding diaryl/α,β-unsaturated/α-hetero) is 1. The second-order valence-corrected chi connectivity index (χ2v) is 7.06. The topological polar surface area (TPSA) is 81.7 Å². The van der Waals surface area contributed by atoms with Gasteiger partial charge in [-0.3, -0.25) is 14.4 Å². The van der Waals surface area contributed by atoms with Crippen LogP contribution in [0.1, 0.15) is 29.4 Å². The molecule has 1 aromatic heterocycles. The molecular weight excluding hydrogens is 378 g/mol. The van der Waals surface area contributed by atoms with Crippen LogP contribution in [0.25, 0.3) is 0 Å². The van der Waals surface area contributed by atoms with E-state index in [4.69, 9.17) is 21.1 Å². The van der Waals surface area contributed by atoms with Crippen molar-refractivity contribution in [2.45, 2.75) is 25.9 Å². The van der Waals surface area contributed by atoms with Gasteiger partial charge >= 0.3 is 5.97 Å². The van der Waals surface area contributed by atoms with Crippen LogP contribution in [0.5, 0.6) is 5.75 Å². The van der Waals surface area contributed by atoms with E-state index in [1.165, 1.54) is 14.0 Å². The van der Waals surface area contributed by atoms with E-state index in [-0.39, 0.29) is 18.6 Å². The average Bonchev–Trinajstić information content (AvgIpc) is 3.06. The third kappa shape index (κ3) is 5.57. The van der Waals surface area contributed by atoms with Crippen LogP contribution in [0.2, 0.25) is 4.34 Å². The van der Waals surface area contributed by atoms with Gasteiger partial charge in [0.05, 0.1) is 28.4 Å². The van der Waals surface area contributed by atoms with E-state index >= 15 is 0 Å². The van der Waals surface area contributed by atoms with Gasteiger partial charge in [-0.05, 0) is 31.2 Å². The summed E-state index contributed by atoms with van der Waals surface area (Å²) in [4.78, 5) is 36.5. The van der Waals surface area contributed by atoms with Gasteiger partial charge in [0.25, 0.3) is 5.91 Å². The number of carbonyl (C=O) groups excluding carboxylic acids is 3. The first kappa shape index (κ1) is 19.9. The number of anilines is 1. The number of halogens is 1. The van der Waals surface area contributed by atoms with E-state index in [1.54, 1.807) is 36.4 Å². The third-order valence-corrected chi connectivity index (χ3v) is 4.72. The number of methoxy groups -OCH3 is 1. The van der Waals surface area contributed by atoms with Gasteiger partial charge in [0.15, 0.2) is 11.9 Å². The number of thiophene rings is 1. The number of benzene rings is 1. The summed E-state index contributed by atoms with van der Waals surface area (Å²) < 4.78 is 10.7. The number of rotatable bonds is 8. The molecule has 0 radical (unpaired) electrons. The van der Waals surface area contributed by atoms with Crippen molar-refractivity contribution in [2.75, 3.05) is 12.4 Å². The highest BCUT2D eigenvalue weighted by molar-refractivity contribution is 7.18. The molecule has 0 fully saturated rings. The summed E-state index contributed by atoms with van der Waals surface area (Å²) in [6.07, 6.45) is -1.12. The number of ether oxygens (including phenoxy) is 2. The lowest BCUT2D eigenvalue weighted by Crippen LogP contribution is -2.30. The maximum atomic E-state index is 12.2. The SMILES string of the molecule is COc1ccccc1NC(=O)[C@H](C)OC(=O)CCC(=O)c1ccc(Cl)s1. The Kier molecular flexibility index (Phi) is 7.17.